The quantitative estimate of drug-likeness (QED) is 0.902. The fraction of sp³-hybridized carbons (Fsp3) is 0.533. The van der Waals surface area contributed by atoms with E-state index in [2.05, 4.69) is 0 Å². The molecule has 1 aromatic rings. The van der Waals surface area contributed by atoms with E-state index in [9.17, 15) is 4.79 Å². The molecular weight excluding hydrogens is 311 g/mol. The molecule has 0 aromatic heterocycles. The van der Waals surface area contributed by atoms with Crippen molar-refractivity contribution < 1.29 is 9.53 Å². The van der Waals surface area contributed by atoms with Crippen LogP contribution in [0.5, 0.6) is 5.75 Å². The van der Waals surface area contributed by atoms with Gasteiger partial charge in [-0.25, -0.2) is 0 Å². The van der Waals surface area contributed by atoms with Gasteiger partial charge in [-0.05, 0) is 18.6 Å². The molecule has 6 heteroatoms. The van der Waals surface area contributed by atoms with Crippen molar-refractivity contribution in [1.82, 2.24) is 4.90 Å². The third-order valence-electron chi connectivity index (χ3n) is 3.57. The van der Waals surface area contributed by atoms with Crippen molar-refractivity contribution in [3.63, 3.8) is 0 Å². The molecule has 1 aromatic carbocycles. The largest absolute Gasteiger partial charge is 0.488 e. The van der Waals surface area contributed by atoms with Gasteiger partial charge < -0.3 is 15.4 Å². The summed E-state index contributed by atoms with van der Waals surface area (Å²) in [7, 11) is 0. The first-order valence-corrected chi connectivity index (χ1v) is 7.93. The summed E-state index contributed by atoms with van der Waals surface area (Å²) in [6, 6.07) is 4.77. The minimum atomic E-state index is -0.404. The van der Waals surface area contributed by atoms with Gasteiger partial charge in [0.15, 0.2) is 0 Å². The molecule has 1 aliphatic heterocycles. The molecule has 1 heterocycles. The van der Waals surface area contributed by atoms with Gasteiger partial charge in [-0.3, -0.25) is 4.79 Å². The summed E-state index contributed by atoms with van der Waals surface area (Å²) in [4.78, 5) is 13.9. The van der Waals surface area contributed by atoms with Gasteiger partial charge in [0.1, 0.15) is 11.9 Å². The number of benzene rings is 1. The van der Waals surface area contributed by atoms with Crippen LogP contribution in [0.15, 0.2) is 18.2 Å². The zero-order valence-corrected chi connectivity index (χ0v) is 13.5. The maximum absolute atomic E-state index is 12.1. The van der Waals surface area contributed by atoms with Crippen LogP contribution in [0, 0.1) is 0 Å². The molecule has 0 radical (unpaired) electrons. The molecule has 0 spiro atoms. The summed E-state index contributed by atoms with van der Waals surface area (Å²) < 4.78 is 5.85. The van der Waals surface area contributed by atoms with E-state index in [1.54, 1.807) is 23.1 Å². The Labute approximate surface area is 135 Å². The van der Waals surface area contributed by atoms with Crippen molar-refractivity contribution in [2.45, 2.75) is 38.3 Å². The van der Waals surface area contributed by atoms with Crippen LogP contribution in [0.2, 0.25) is 10.0 Å². The van der Waals surface area contributed by atoms with Crippen LogP contribution in [0.3, 0.4) is 0 Å². The van der Waals surface area contributed by atoms with Crippen molar-refractivity contribution in [2.75, 3.05) is 13.1 Å². The molecule has 0 aliphatic carbocycles. The number of halogens is 2. The van der Waals surface area contributed by atoms with Crippen LogP contribution in [-0.4, -0.2) is 36.0 Å². The maximum Gasteiger partial charge on any atom is 0.239 e. The molecule has 21 heavy (non-hydrogen) atoms. The van der Waals surface area contributed by atoms with Crippen LogP contribution in [-0.2, 0) is 4.79 Å². The summed E-state index contributed by atoms with van der Waals surface area (Å²) in [6.07, 6.45) is 2.39. The number of carbonyl (C=O) groups is 1. The first-order chi connectivity index (χ1) is 10.0. The fourth-order valence-electron chi connectivity index (χ4n) is 2.44. The molecule has 2 N–H and O–H groups in total. The molecule has 1 aliphatic rings. The predicted molar refractivity (Wildman–Crippen MR) is 85.0 cm³/mol. The van der Waals surface area contributed by atoms with E-state index in [0.717, 1.165) is 12.8 Å². The third-order valence-corrected chi connectivity index (χ3v) is 4.31. The summed E-state index contributed by atoms with van der Waals surface area (Å²) >= 11 is 11.8. The third kappa shape index (κ3) is 4.25. The van der Waals surface area contributed by atoms with E-state index in [1.807, 2.05) is 6.92 Å². The number of carbonyl (C=O) groups excluding carboxylic acids is 1. The van der Waals surface area contributed by atoms with Gasteiger partial charge in [-0.2, -0.15) is 0 Å². The monoisotopic (exact) mass is 330 g/mol. The van der Waals surface area contributed by atoms with Gasteiger partial charge in [0.25, 0.3) is 0 Å². The second-order valence-electron chi connectivity index (χ2n) is 5.28. The van der Waals surface area contributed by atoms with Gasteiger partial charge in [0, 0.05) is 19.0 Å². The van der Waals surface area contributed by atoms with Crippen molar-refractivity contribution >= 4 is 29.1 Å². The Kier molecular flexibility index (Phi) is 5.73. The Morgan fingerprint density at radius 1 is 1.48 bits per heavy atom. The van der Waals surface area contributed by atoms with E-state index in [4.69, 9.17) is 33.7 Å². The zero-order chi connectivity index (χ0) is 15.4. The minimum Gasteiger partial charge on any atom is -0.488 e. The second kappa shape index (κ2) is 7.34. The van der Waals surface area contributed by atoms with Gasteiger partial charge in [-0.15, -0.1) is 0 Å². The number of hydrogen-bond donors (Lipinski definition) is 1. The van der Waals surface area contributed by atoms with Crippen molar-refractivity contribution in [3.8, 4) is 5.75 Å². The molecule has 4 nitrogen and oxygen atoms in total. The Bertz CT molecular complexity index is 510. The van der Waals surface area contributed by atoms with E-state index >= 15 is 0 Å². The van der Waals surface area contributed by atoms with Crippen LogP contribution in [0.1, 0.15) is 26.2 Å². The van der Waals surface area contributed by atoms with E-state index < -0.39 is 6.04 Å². The van der Waals surface area contributed by atoms with Crippen LogP contribution < -0.4 is 10.5 Å². The molecule has 2 rings (SSSR count). The maximum atomic E-state index is 12.1. The van der Waals surface area contributed by atoms with Gasteiger partial charge >= 0.3 is 0 Å². The standard InChI is InChI=1S/C15H20Cl2N2O2/c1-2-3-14(18)15(20)19-7-6-11(9-19)21-10-4-5-12(16)13(17)8-10/h4-5,8,11,14H,2-3,6-7,9,18H2,1H3. The lowest BCUT2D eigenvalue weighted by Gasteiger charge is -2.20. The number of amides is 1. The second-order valence-corrected chi connectivity index (χ2v) is 6.10. The predicted octanol–water partition coefficient (Wildman–Crippen LogP) is 3.10. The number of rotatable bonds is 5. The Hall–Kier alpha value is -0.970. The fourth-order valence-corrected chi connectivity index (χ4v) is 2.72. The summed E-state index contributed by atoms with van der Waals surface area (Å²) in [5.41, 5.74) is 5.88. The lowest BCUT2D eigenvalue weighted by molar-refractivity contribution is -0.132. The van der Waals surface area contributed by atoms with Crippen molar-refractivity contribution in [1.29, 1.82) is 0 Å². The number of likely N-dealkylation sites (tertiary alicyclic amines) is 1. The van der Waals surface area contributed by atoms with Crippen LogP contribution >= 0.6 is 23.2 Å². The first-order valence-electron chi connectivity index (χ1n) is 7.17. The number of ether oxygens (including phenoxy) is 1. The summed E-state index contributed by atoms with van der Waals surface area (Å²) in [6.45, 7) is 3.27. The minimum absolute atomic E-state index is 0.0112. The van der Waals surface area contributed by atoms with Crippen LogP contribution in [0.25, 0.3) is 0 Å². The first kappa shape index (κ1) is 16.4. The average Bonchev–Trinajstić information content (AvgIpc) is 2.91. The number of nitrogens with two attached hydrogens (primary N) is 1. The number of hydrogen-bond acceptors (Lipinski definition) is 3. The Morgan fingerprint density at radius 3 is 2.90 bits per heavy atom. The molecule has 2 unspecified atom stereocenters. The molecule has 116 valence electrons. The normalized spacial score (nSPS) is 19.6. The molecule has 0 saturated carbocycles. The molecule has 2 atom stereocenters. The molecule has 1 saturated heterocycles. The Balaban J connectivity index is 1.90. The van der Waals surface area contributed by atoms with Gasteiger partial charge in [0.05, 0.1) is 22.6 Å². The smallest absolute Gasteiger partial charge is 0.239 e. The molecular formula is C15H20Cl2N2O2. The highest BCUT2D eigenvalue weighted by atomic mass is 35.5. The summed E-state index contributed by atoms with van der Waals surface area (Å²) in [5.74, 6) is 0.679. The van der Waals surface area contributed by atoms with Crippen molar-refractivity contribution in [2.24, 2.45) is 5.73 Å². The van der Waals surface area contributed by atoms with Crippen LogP contribution in [0.4, 0.5) is 0 Å². The molecule has 0 bridgehead atoms. The molecule has 1 fully saturated rings. The topological polar surface area (TPSA) is 55.6 Å². The highest BCUT2D eigenvalue weighted by Gasteiger charge is 2.30. The lowest BCUT2D eigenvalue weighted by Crippen LogP contribution is -2.43. The Morgan fingerprint density at radius 2 is 2.24 bits per heavy atom. The average molecular weight is 331 g/mol. The van der Waals surface area contributed by atoms with E-state index in [1.165, 1.54) is 0 Å². The van der Waals surface area contributed by atoms with Gasteiger partial charge in [0.2, 0.25) is 5.91 Å². The highest BCUT2D eigenvalue weighted by molar-refractivity contribution is 6.42. The number of nitrogens with zero attached hydrogens (tertiary/aromatic N) is 1. The highest BCUT2D eigenvalue weighted by Crippen LogP contribution is 2.28. The van der Waals surface area contributed by atoms with E-state index in [-0.39, 0.29) is 12.0 Å². The van der Waals surface area contributed by atoms with Gasteiger partial charge in [-0.1, -0.05) is 36.5 Å². The lowest BCUT2D eigenvalue weighted by atomic mass is 10.1. The zero-order valence-electron chi connectivity index (χ0n) is 12.0. The molecule has 1 amide bonds. The SMILES string of the molecule is CCCC(N)C(=O)N1CCC(Oc2ccc(Cl)c(Cl)c2)C1. The van der Waals surface area contributed by atoms with E-state index in [0.29, 0.717) is 35.3 Å². The summed E-state index contributed by atoms with van der Waals surface area (Å²) in [5, 5.41) is 0.961. The van der Waals surface area contributed by atoms with Crippen molar-refractivity contribution in [3.05, 3.63) is 28.2 Å².